The Morgan fingerprint density at radius 2 is 2.07 bits per heavy atom. The average molecular weight is 379 g/mol. The van der Waals surface area contributed by atoms with E-state index in [0.29, 0.717) is 18.2 Å². The summed E-state index contributed by atoms with van der Waals surface area (Å²) in [6, 6.07) is 7.54. The Balaban J connectivity index is 1.36. The van der Waals surface area contributed by atoms with Crippen molar-refractivity contribution >= 4 is 5.91 Å². The number of H-pyrrole nitrogens is 1. The summed E-state index contributed by atoms with van der Waals surface area (Å²) in [6.07, 6.45) is 3.40. The predicted octanol–water partition coefficient (Wildman–Crippen LogP) is 2.07. The van der Waals surface area contributed by atoms with E-state index in [1.54, 1.807) is 18.5 Å². The summed E-state index contributed by atoms with van der Waals surface area (Å²) in [5.41, 5.74) is 4.15. The molecular weight excluding hydrogens is 354 g/mol. The van der Waals surface area contributed by atoms with Crippen molar-refractivity contribution in [2.24, 2.45) is 5.92 Å². The molecule has 0 unspecified atom stereocenters. The summed E-state index contributed by atoms with van der Waals surface area (Å²) in [6.45, 7) is 8.79. The fourth-order valence-corrected chi connectivity index (χ4v) is 3.51. The molecule has 146 valence electrons. The normalized spacial score (nSPS) is 14.2. The zero-order valence-electron chi connectivity index (χ0n) is 16.2. The molecule has 8 nitrogen and oxygen atoms in total. The molecule has 1 aliphatic rings. The SMILES string of the molecule is CC(C)CN1CCn2nc(CNC(=O)c3cc(-c4ccncc4)n[nH]3)cc2C1. The highest BCUT2D eigenvalue weighted by Gasteiger charge is 2.19. The zero-order valence-corrected chi connectivity index (χ0v) is 16.2. The lowest BCUT2D eigenvalue weighted by molar-refractivity contribution is 0.0945. The summed E-state index contributed by atoms with van der Waals surface area (Å²) >= 11 is 0. The molecule has 4 rings (SSSR count). The number of fused-ring (bicyclic) bond motifs is 1. The van der Waals surface area contributed by atoms with E-state index in [9.17, 15) is 4.79 Å². The van der Waals surface area contributed by atoms with Crippen molar-refractivity contribution in [3.8, 4) is 11.3 Å². The smallest absolute Gasteiger partial charge is 0.269 e. The van der Waals surface area contributed by atoms with E-state index in [-0.39, 0.29) is 5.91 Å². The van der Waals surface area contributed by atoms with Gasteiger partial charge in [-0.25, -0.2) is 0 Å². The number of carbonyl (C=O) groups is 1. The minimum atomic E-state index is -0.194. The molecule has 1 amide bonds. The van der Waals surface area contributed by atoms with Crippen LogP contribution in [0.25, 0.3) is 11.3 Å². The monoisotopic (exact) mass is 379 g/mol. The van der Waals surface area contributed by atoms with Gasteiger partial charge < -0.3 is 5.32 Å². The van der Waals surface area contributed by atoms with Gasteiger partial charge in [-0.2, -0.15) is 10.2 Å². The number of rotatable bonds is 6. The lowest BCUT2D eigenvalue weighted by atomic mass is 10.2. The molecule has 0 saturated heterocycles. The van der Waals surface area contributed by atoms with Crippen molar-refractivity contribution in [1.29, 1.82) is 0 Å². The van der Waals surface area contributed by atoms with Gasteiger partial charge in [0.2, 0.25) is 0 Å². The van der Waals surface area contributed by atoms with Gasteiger partial charge in [0.05, 0.1) is 30.2 Å². The molecule has 3 aromatic heterocycles. The second-order valence-electron chi connectivity index (χ2n) is 7.56. The second-order valence-corrected chi connectivity index (χ2v) is 7.56. The van der Waals surface area contributed by atoms with Crippen molar-refractivity contribution in [3.05, 3.63) is 53.7 Å². The fraction of sp³-hybridized carbons (Fsp3) is 0.400. The van der Waals surface area contributed by atoms with E-state index >= 15 is 0 Å². The molecule has 8 heteroatoms. The highest BCUT2D eigenvalue weighted by Crippen LogP contribution is 2.17. The maximum absolute atomic E-state index is 12.4. The lowest BCUT2D eigenvalue weighted by Crippen LogP contribution is -2.36. The molecule has 0 saturated carbocycles. The Morgan fingerprint density at radius 1 is 1.25 bits per heavy atom. The molecule has 0 bridgehead atoms. The van der Waals surface area contributed by atoms with Gasteiger partial charge in [0.25, 0.3) is 5.91 Å². The molecule has 1 aliphatic heterocycles. The predicted molar refractivity (Wildman–Crippen MR) is 105 cm³/mol. The largest absolute Gasteiger partial charge is 0.345 e. The molecular formula is C20H25N7O. The van der Waals surface area contributed by atoms with Gasteiger partial charge in [-0.1, -0.05) is 13.8 Å². The maximum Gasteiger partial charge on any atom is 0.269 e. The number of pyridine rings is 1. The Kier molecular flexibility index (Phi) is 5.21. The van der Waals surface area contributed by atoms with Gasteiger partial charge in [-0.15, -0.1) is 0 Å². The number of nitrogens with zero attached hydrogens (tertiary/aromatic N) is 5. The third kappa shape index (κ3) is 4.12. The van der Waals surface area contributed by atoms with Crippen LogP contribution in [-0.2, 0) is 19.6 Å². The summed E-state index contributed by atoms with van der Waals surface area (Å²) in [4.78, 5) is 18.9. The first kappa shape index (κ1) is 18.4. The summed E-state index contributed by atoms with van der Waals surface area (Å²) in [5.74, 6) is 0.458. The summed E-state index contributed by atoms with van der Waals surface area (Å²) in [5, 5.41) is 14.6. The highest BCUT2D eigenvalue weighted by atomic mass is 16.1. The van der Waals surface area contributed by atoms with Crippen LogP contribution in [0.5, 0.6) is 0 Å². The minimum absolute atomic E-state index is 0.194. The van der Waals surface area contributed by atoms with Crippen LogP contribution in [0.2, 0.25) is 0 Å². The van der Waals surface area contributed by atoms with E-state index < -0.39 is 0 Å². The number of hydrogen-bond donors (Lipinski definition) is 2. The van der Waals surface area contributed by atoms with Gasteiger partial charge in [-0.3, -0.25) is 24.5 Å². The van der Waals surface area contributed by atoms with Crippen molar-refractivity contribution in [2.75, 3.05) is 13.1 Å². The van der Waals surface area contributed by atoms with E-state index in [4.69, 9.17) is 0 Å². The molecule has 0 fully saturated rings. The molecule has 28 heavy (non-hydrogen) atoms. The van der Waals surface area contributed by atoms with Crippen LogP contribution in [0.1, 0.15) is 35.7 Å². The second kappa shape index (κ2) is 7.93. The van der Waals surface area contributed by atoms with Gasteiger partial charge in [0.15, 0.2) is 0 Å². The van der Waals surface area contributed by atoms with Gasteiger partial charge in [-0.05, 0) is 30.2 Å². The number of aromatic nitrogens is 5. The van der Waals surface area contributed by atoms with Crippen LogP contribution >= 0.6 is 0 Å². The number of hydrogen-bond acceptors (Lipinski definition) is 5. The first-order valence-corrected chi connectivity index (χ1v) is 9.60. The number of aromatic amines is 1. The third-order valence-corrected chi connectivity index (χ3v) is 4.78. The van der Waals surface area contributed by atoms with Crippen LogP contribution in [0.4, 0.5) is 0 Å². The maximum atomic E-state index is 12.4. The molecule has 0 radical (unpaired) electrons. The third-order valence-electron chi connectivity index (χ3n) is 4.78. The van der Waals surface area contributed by atoms with Crippen LogP contribution in [0.3, 0.4) is 0 Å². The molecule has 0 aliphatic carbocycles. The van der Waals surface area contributed by atoms with E-state index in [0.717, 1.165) is 43.1 Å². The minimum Gasteiger partial charge on any atom is -0.345 e. The Morgan fingerprint density at radius 3 is 2.86 bits per heavy atom. The van der Waals surface area contributed by atoms with E-state index in [1.165, 1.54) is 5.69 Å². The highest BCUT2D eigenvalue weighted by molar-refractivity contribution is 5.93. The average Bonchev–Trinajstić information content (AvgIpc) is 3.33. The number of amides is 1. The van der Waals surface area contributed by atoms with Gasteiger partial charge in [0.1, 0.15) is 5.69 Å². The van der Waals surface area contributed by atoms with E-state index in [2.05, 4.69) is 55.1 Å². The van der Waals surface area contributed by atoms with Gasteiger partial charge in [0, 0.05) is 37.6 Å². The summed E-state index contributed by atoms with van der Waals surface area (Å²) in [7, 11) is 0. The Labute approximate surface area is 164 Å². The van der Waals surface area contributed by atoms with Crippen LogP contribution < -0.4 is 5.32 Å². The fourth-order valence-electron chi connectivity index (χ4n) is 3.51. The molecule has 0 spiro atoms. The zero-order chi connectivity index (χ0) is 19.5. The number of nitrogens with one attached hydrogen (secondary N) is 2. The van der Waals surface area contributed by atoms with Crippen molar-refractivity contribution < 1.29 is 4.79 Å². The first-order chi connectivity index (χ1) is 13.6. The quantitative estimate of drug-likeness (QED) is 0.684. The topological polar surface area (TPSA) is 91.7 Å². The summed E-state index contributed by atoms with van der Waals surface area (Å²) < 4.78 is 2.05. The molecule has 0 aromatic carbocycles. The lowest BCUT2D eigenvalue weighted by Gasteiger charge is -2.28. The molecule has 0 atom stereocenters. The molecule has 4 heterocycles. The molecule has 3 aromatic rings. The van der Waals surface area contributed by atoms with Crippen LogP contribution in [0.15, 0.2) is 36.7 Å². The van der Waals surface area contributed by atoms with E-state index in [1.807, 2.05) is 12.1 Å². The van der Waals surface area contributed by atoms with Crippen molar-refractivity contribution in [1.82, 2.24) is 35.2 Å². The van der Waals surface area contributed by atoms with Crippen molar-refractivity contribution in [3.63, 3.8) is 0 Å². The Hall–Kier alpha value is -3.00. The van der Waals surface area contributed by atoms with Crippen LogP contribution in [-0.4, -0.2) is 48.9 Å². The van der Waals surface area contributed by atoms with Crippen molar-refractivity contribution in [2.45, 2.75) is 33.5 Å². The standard InChI is InChI=1S/C20H25N7O/c1-14(2)12-26-7-8-27-17(13-26)9-16(25-27)11-22-20(28)19-10-18(23-24-19)15-3-5-21-6-4-15/h3-6,9-10,14H,7-8,11-13H2,1-2H3,(H,22,28)(H,23,24). The van der Waals surface area contributed by atoms with Gasteiger partial charge >= 0.3 is 0 Å². The molecule has 2 N–H and O–H groups in total. The number of carbonyl (C=O) groups excluding carboxylic acids is 1. The first-order valence-electron chi connectivity index (χ1n) is 9.60. The van der Waals surface area contributed by atoms with Crippen LogP contribution in [0, 0.1) is 5.92 Å². The Bertz CT molecular complexity index is 945.